The van der Waals surface area contributed by atoms with Gasteiger partial charge in [-0.05, 0) is 49.8 Å². The van der Waals surface area contributed by atoms with Gasteiger partial charge in [-0.2, -0.15) is 9.78 Å². The Morgan fingerprint density at radius 2 is 1.55 bits per heavy atom. The molecule has 2 heterocycles. The van der Waals surface area contributed by atoms with Gasteiger partial charge in [-0.15, -0.1) is 0 Å². The summed E-state index contributed by atoms with van der Waals surface area (Å²) in [6.45, 7) is 0.778. The van der Waals surface area contributed by atoms with Gasteiger partial charge in [0, 0.05) is 18.0 Å². The molecule has 2 aromatic carbocycles. The number of likely N-dealkylation sites (tertiary alicyclic amines) is 1. The molecule has 5 rings (SSSR count). The maximum absolute atomic E-state index is 13.7. The first kappa shape index (κ1) is 18.1. The van der Waals surface area contributed by atoms with Gasteiger partial charge in [-0.25, -0.2) is 0 Å². The lowest BCUT2D eigenvalue weighted by Crippen LogP contribution is -2.50. The zero-order valence-electron chi connectivity index (χ0n) is 16.5. The van der Waals surface area contributed by atoms with Gasteiger partial charge in [0.2, 0.25) is 0 Å². The second-order valence-electron chi connectivity index (χ2n) is 8.20. The Labute approximate surface area is 170 Å². The van der Waals surface area contributed by atoms with Crippen molar-refractivity contribution in [1.29, 1.82) is 0 Å². The van der Waals surface area contributed by atoms with Crippen LogP contribution in [0.4, 0.5) is 0 Å². The van der Waals surface area contributed by atoms with Gasteiger partial charge >= 0.3 is 0 Å². The Kier molecular flexibility index (Phi) is 4.66. The number of rotatable bonds is 2. The maximum Gasteiger partial charge on any atom is 0.279 e. The molecule has 0 N–H and O–H groups in total. The van der Waals surface area contributed by atoms with Crippen LogP contribution in [-0.2, 0) is 0 Å². The molecule has 148 valence electrons. The highest BCUT2D eigenvalue weighted by molar-refractivity contribution is 6.05. The van der Waals surface area contributed by atoms with Gasteiger partial charge in [0.15, 0.2) is 5.69 Å². The zero-order chi connectivity index (χ0) is 19.8. The molecule has 29 heavy (non-hydrogen) atoms. The van der Waals surface area contributed by atoms with Crippen LogP contribution in [0.5, 0.6) is 0 Å². The van der Waals surface area contributed by atoms with E-state index in [1.165, 1.54) is 30.4 Å². The average molecular weight is 387 g/mol. The van der Waals surface area contributed by atoms with E-state index in [4.69, 9.17) is 0 Å². The monoisotopic (exact) mass is 387 g/mol. The van der Waals surface area contributed by atoms with E-state index in [1.807, 2.05) is 53.4 Å². The minimum Gasteiger partial charge on any atom is -0.334 e. The molecule has 1 saturated carbocycles. The maximum atomic E-state index is 13.7. The van der Waals surface area contributed by atoms with E-state index in [2.05, 4.69) is 5.10 Å². The van der Waals surface area contributed by atoms with E-state index >= 15 is 0 Å². The number of aromatic nitrogens is 2. The Balaban J connectivity index is 1.65. The third-order valence-corrected chi connectivity index (χ3v) is 6.51. The summed E-state index contributed by atoms with van der Waals surface area (Å²) in [6.07, 6.45) is 7.00. The fourth-order valence-corrected chi connectivity index (χ4v) is 5.10. The highest BCUT2D eigenvalue weighted by atomic mass is 16.2. The number of nitrogens with zero attached hydrogens (tertiary/aromatic N) is 3. The summed E-state index contributed by atoms with van der Waals surface area (Å²) in [7, 11) is 0. The molecule has 0 spiro atoms. The molecule has 2 aliphatic rings. The first-order valence-corrected chi connectivity index (χ1v) is 10.6. The van der Waals surface area contributed by atoms with Gasteiger partial charge in [0.25, 0.3) is 11.5 Å². The van der Waals surface area contributed by atoms with Crippen molar-refractivity contribution < 1.29 is 4.79 Å². The number of piperidine rings is 1. The third kappa shape index (κ3) is 3.15. The summed E-state index contributed by atoms with van der Waals surface area (Å²) in [6, 6.07) is 17.0. The molecule has 1 aliphatic heterocycles. The molecule has 1 aromatic heterocycles. The van der Waals surface area contributed by atoms with E-state index in [0.717, 1.165) is 19.4 Å². The second-order valence-corrected chi connectivity index (χ2v) is 8.20. The van der Waals surface area contributed by atoms with Crippen LogP contribution < -0.4 is 5.56 Å². The number of carbonyl (C=O) groups is 1. The predicted molar refractivity (Wildman–Crippen MR) is 113 cm³/mol. The Morgan fingerprint density at radius 1 is 0.862 bits per heavy atom. The van der Waals surface area contributed by atoms with Crippen LogP contribution in [0.2, 0.25) is 0 Å². The van der Waals surface area contributed by atoms with Crippen LogP contribution in [-0.4, -0.2) is 33.2 Å². The number of fused-ring (bicyclic) bond motifs is 2. The number of hydrogen-bond acceptors (Lipinski definition) is 3. The number of carbonyl (C=O) groups excluding carboxylic acids is 1. The van der Waals surface area contributed by atoms with Gasteiger partial charge in [-0.3, -0.25) is 9.59 Å². The highest BCUT2D eigenvalue weighted by Gasteiger charge is 2.37. The van der Waals surface area contributed by atoms with Crippen molar-refractivity contribution in [3.8, 4) is 5.69 Å². The summed E-state index contributed by atoms with van der Waals surface area (Å²) < 4.78 is 1.37. The molecule has 1 saturated heterocycles. The topological polar surface area (TPSA) is 55.2 Å². The lowest BCUT2D eigenvalue weighted by atomic mass is 9.78. The smallest absolute Gasteiger partial charge is 0.279 e. The van der Waals surface area contributed by atoms with Crippen LogP contribution in [0.15, 0.2) is 59.4 Å². The second kappa shape index (κ2) is 7.47. The predicted octanol–water partition coefficient (Wildman–Crippen LogP) is 4.18. The van der Waals surface area contributed by atoms with Gasteiger partial charge in [-0.1, -0.05) is 49.2 Å². The van der Waals surface area contributed by atoms with Crippen LogP contribution in [0.25, 0.3) is 16.5 Å². The fourth-order valence-electron chi connectivity index (χ4n) is 5.10. The van der Waals surface area contributed by atoms with Crippen LogP contribution >= 0.6 is 0 Å². The standard InChI is InChI=1S/C24H25N3O2/c28-23-20-14-6-5-13-19(20)22(25-27(23)18-11-2-1-3-12-18)24(29)26-16-8-10-17-9-4-7-15-21(17)26/h1-3,5-6,11-14,17,21H,4,7-10,15-16H2. The van der Waals surface area contributed by atoms with Crippen molar-refractivity contribution in [3.05, 3.63) is 70.6 Å². The molecule has 1 amide bonds. The summed E-state index contributed by atoms with van der Waals surface area (Å²) in [5.41, 5.74) is 0.860. The number of para-hydroxylation sites is 1. The highest BCUT2D eigenvalue weighted by Crippen LogP contribution is 2.36. The van der Waals surface area contributed by atoms with Gasteiger partial charge in [0.05, 0.1) is 11.1 Å². The molecule has 0 radical (unpaired) electrons. The molecule has 5 nitrogen and oxygen atoms in total. The minimum atomic E-state index is -0.197. The van der Waals surface area contributed by atoms with Crippen molar-refractivity contribution in [2.45, 2.75) is 44.6 Å². The summed E-state index contributed by atoms with van der Waals surface area (Å²) in [5.74, 6) is 0.565. The van der Waals surface area contributed by atoms with Crippen LogP contribution in [0.3, 0.4) is 0 Å². The van der Waals surface area contributed by atoms with E-state index < -0.39 is 0 Å². The average Bonchev–Trinajstić information content (AvgIpc) is 2.79. The summed E-state index contributed by atoms with van der Waals surface area (Å²) in [5, 5.41) is 5.78. The fraction of sp³-hybridized carbons (Fsp3) is 0.375. The normalized spacial score (nSPS) is 21.7. The largest absolute Gasteiger partial charge is 0.334 e. The molecule has 1 aliphatic carbocycles. The van der Waals surface area contributed by atoms with Crippen molar-refractivity contribution in [1.82, 2.24) is 14.7 Å². The molecule has 2 unspecified atom stereocenters. The lowest BCUT2D eigenvalue weighted by Gasteiger charge is -2.44. The van der Waals surface area contributed by atoms with Gasteiger partial charge in [0.1, 0.15) is 0 Å². The van der Waals surface area contributed by atoms with Crippen molar-refractivity contribution in [2.24, 2.45) is 5.92 Å². The molecule has 3 aromatic rings. The van der Waals surface area contributed by atoms with Crippen molar-refractivity contribution in [2.75, 3.05) is 6.54 Å². The number of amides is 1. The molecular weight excluding hydrogens is 362 g/mol. The molecule has 2 atom stereocenters. The van der Waals surface area contributed by atoms with Crippen LogP contribution in [0, 0.1) is 5.92 Å². The minimum absolute atomic E-state index is 0.0394. The molecule has 2 fully saturated rings. The van der Waals surface area contributed by atoms with E-state index in [0.29, 0.717) is 34.1 Å². The first-order chi connectivity index (χ1) is 14.2. The molecule has 5 heteroatoms. The lowest BCUT2D eigenvalue weighted by molar-refractivity contribution is 0.0385. The van der Waals surface area contributed by atoms with Crippen molar-refractivity contribution >= 4 is 16.7 Å². The number of benzene rings is 2. The Bertz CT molecular complexity index is 1100. The van der Waals surface area contributed by atoms with E-state index in [9.17, 15) is 9.59 Å². The van der Waals surface area contributed by atoms with Crippen molar-refractivity contribution in [3.63, 3.8) is 0 Å². The third-order valence-electron chi connectivity index (χ3n) is 6.51. The summed E-state index contributed by atoms with van der Waals surface area (Å²) >= 11 is 0. The van der Waals surface area contributed by atoms with E-state index in [-0.39, 0.29) is 11.5 Å². The number of hydrogen-bond donors (Lipinski definition) is 0. The zero-order valence-corrected chi connectivity index (χ0v) is 16.5. The Morgan fingerprint density at radius 3 is 2.38 bits per heavy atom. The quantitative estimate of drug-likeness (QED) is 0.663. The summed E-state index contributed by atoms with van der Waals surface area (Å²) in [4.78, 5) is 28.8. The SMILES string of the molecule is O=C(c1nn(-c2ccccc2)c(=O)c2ccccc12)N1CCCC2CCCCC21. The van der Waals surface area contributed by atoms with Gasteiger partial charge < -0.3 is 4.90 Å². The molecular formula is C24H25N3O2. The van der Waals surface area contributed by atoms with Crippen LogP contribution in [0.1, 0.15) is 49.0 Å². The van der Waals surface area contributed by atoms with E-state index in [1.54, 1.807) is 6.07 Å². The first-order valence-electron chi connectivity index (χ1n) is 10.6. The Hall–Kier alpha value is -2.95. The molecule has 0 bridgehead atoms.